The number of aliphatic carboxylic acids is 1. The van der Waals surface area contributed by atoms with Crippen molar-refractivity contribution >= 4 is 34.2 Å². The van der Waals surface area contributed by atoms with Gasteiger partial charge in [0, 0.05) is 53.3 Å². The molecule has 2 aliphatic heterocycles. The van der Waals surface area contributed by atoms with Crippen molar-refractivity contribution in [1.82, 2.24) is 9.80 Å². The number of nitrogens with zero attached hydrogens (tertiary/aromatic N) is 2. The first-order valence-electron chi connectivity index (χ1n) is 12.7. The van der Waals surface area contributed by atoms with E-state index in [4.69, 9.17) is 0 Å². The highest BCUT2D eigenvalue weighted by molar-refractivity contribution is 6.27. The third-order valence-electron chi connectivity index (χ3n) is 7.29. The second-order valence-electron chi connectivity index (χ2n) is 9.69. The molecule has 0 spiro atoms. The Bertz CT molecular complexity index is 1280. The quantitative estimate of drug-likeness (QED) is 0.447. The summed E-state index contributed by atoms with van der Waals surface area (Å²) in [6.45, 7) is 4.78. The lowest BCUT2D eigenvalue weighted by molar-refractivity contribution is -0.141. The van der Waals surface area contributed by atoms with Crippen molar-refractivity contribution in [2.75, 3.05) is 18.4 Å². The number of carboxylic acid groups (broad SMARTS) is 1. The van der Waals surface area contributed by atoms with Crippen LogP contribution in [0, 0.1) is 0 Å². The molecule has 5 rings (SSSR count). The number of piperidine rings is 1. The number of carboxylic acids is 1. The molecule has 2 N–H and O–H groups in total. The Morgan fingerprint density at radius 2 is 1.67 bits per heavy atom. The van der Waals surface area contributed by atoms with E-state index in [1.807, 2.05) is 25.1 Å². The summed E-state index contributed by atoms with van der Waals surface area (Å²) in [6, 6.07) is 18.6. The number of anilines is 1. The van der Waals surface area contributed by atoms with Crippen LogP contribution in [-0.2, 0) is 11.3 Å². The van der Waals surface area contributed by atoms with Gasteiger partial charge in [0.1, 0.15) is 6.04 Å². The number of carbonyl (C=O) groups is 3. The van der Waals surface area contributed by atoms with Crippen LogP contribution in [0.3, 0.4) is 0 Å². The molecule has 0 aliphatic carbocycles. The van der Waals surface area contributed by atoms with Crippen LogP contribution < -0.4 is 5.32 Å². The molecule has 2 amide bonds. The maximum atomic E-state index is 13.3. The molecule has 0 radical (unpaired) electrons. The van der Waals surface area contributed by atoms with Crippen molar-refractivity contribution in [3.63, 3.8) is 0 Å². The molecule has 7 heteroatoms. The fourth-order valence-electron chi connectivity index (χ4n) is 5.46. The normalized spacial score (nSPS) is 17.4. The number of carbonyl (C=O) groups excluding carboxylic acids is 2. The van der Waals surface area contributed by atoms with Crippen molar-refractivity contribution in [3.05, 3.63) is 77.4 Å². The van der Waals surface area contributed by atoms with E-state index in [9.17, 15) is 19.5 Å². The first-order valence-corrected chi connectivity index (χ1v) is 12.7. The first-order chi connectivity index (χ1) is 17.5. The zero-order valence-corrected chi connectivity index (χ0v) is 20.4. The molecule has 1 saturated heterocycles. The lowest BCUT2D eigenvalue weighted by atomic mass is 9.91. The summed E-state index contributed by atoms with van der Waals surface area (Å²) in [6.07, 6.45) is 2.77. The van der Waals surface area contributed by atoms with Gasteiger partial charge < -0.3 is 10.4 Å². The molecule has 0 unspecified atom stereocenters. The van der Waals surface area contributed by atoms with Crippen LogP contribution in [0.2, 0.25) is 0 Å². The van der Waals surface area contributed by atoms with E-state index in [2.05, 4.69) is 34.5 Å². The van der Waals surface area contributed by atoms with E-state index in [1.54, 1.807) is 18.2 Å². The highest BCUT2D eigenvalue weighted by atomic mass is 16.4. The average molecular weight is 486 g/mol. The van der Waals surface area contributed by atoms with Gasteiger partial charge in [0.15, 0.2) is 0 Å². The summed E-state index contributed by atoms with van der Waals surface area (Å²) in [5.74, 6) is -2.23. The summed E-state index contributed by atoms with van der Waals surface area (Å²) in [5.41, 5.74) is 2.98. The van der Waals surface area contributed by atoms with E-state index in [-0.39, 0.29) is 6.42 Å². The average Bonchev–Trinajstić information content (AvgIpc) is 2.89. The Labute approximate surface area is 210 Å². The van der Waals surface area contributed by atoms with Gasteiger partial charge in [-0.15, -0.1) is 0 Å². The minimum atomic E-state index is -1.17. The molecule has 36 heavy (non-hydrogen) atoms. The SMILES string of the molecule is CCC[C@@H](C(=O)O)N1C(=O)c2cccc3c(NC4CCN(Cc5ccccc5)CC4)ccc(c23)C1=O. The minimum Gasteiger partial charge on any atom is -0.480 e. The van der Waals surface area contributed by atoms with Crippen molar-refractivity contribution in [3.8, 4) is 0 Å². The summed E-state index contributed by atoms with van der Waals surface area (Å²) < 4.78 is 0. The fourth-order valence-corrected chi connectivity index (χ4v) is 5.46. The molecule has 7 nitrogen and oxygen atoms in total. The maximum Gasteiger partial charge on any atom is 0.326 e. The van der Waals surface area contributed by atoms with Crippen LogP contribution in [0.4, 0.5) is 5.69 Å². The van der Waals surface area contributed by atoms with Crippen LogP contribution in [-0.4, -0.2) is 57.9 Å². The van der Waals surface area contributed by atoms with Crippen molar-refractivity contribution in [1.29, 1.82) is 0 Å². The van der Waals surface area contributed by atoms with Crippen molar-refractivity contribution in [2.45, 2.75) is 51.2 Å². The smallest absolute Gasteiger partial charge is 0.326 e. The number of rotatable bonds is 8. The number of amides is 2. The molecule has 2 aliphatic rings. The van der Waals surface area contributed by atoms with Crippen molar-refractivity contribution < 1.29 is 19.5 Å². The standard InChI is InChI=1S/C29H31N3O4/c1-2-7-25(29(35)36)32-27(33)22-11-6-10-21-24(13-12-23(26(21)22)28(32)34)30-20-14-16-31(17-15-20)18-19-8-4-3-5-9-19/h3-6,8-13,20,25,30H,2,7,14-18H2,1H3,(H,35,36)/t25-/m0/s1. The van der Waals surface area contributed by atoms with E-state index in [0.29, 0.717) is 29.0 Å². The Balaban J connectivity index is 1.36. The van der Waals surface area contributed by atoms with Crippen LogP contribution in [0.1, 0.15) is 58.9 Å². The molecule has 0 bridgehead atoms. The molecule has 1 atom stereocenters. The van der Waals surface area contributed by atoms with Gasteiger partial charge in [-0.05, 0) is 43.0 Å². The van der Waals surface area contributed by atoms with E-state index in [0.717, 1.165) is 48.4 Å². The molecule has 3 aromatic rings. The summed E-state index contributed by atoms with van der Waals surface area (Å²) in [4.78, 5) is 41.9. The zero-order valence-electron chi connectivity index (χ0n) is 20.4. The Morgan fingerprint density at radius 3 is 2.33 bits per heavy atom. The number of likely N-dealkylation sites (tertiary alicyclic amines) is 1. The van der Waals surface area contributed by atoms with Gasteiger partial charge in [-0.25, -0.2) is 4.79 Å². The predicted molar refractivity (Wildman–Crippen MR) is 139 cm³/mol. The fraction of sp³-hybridized carbons (Fsp3) is 0.345. The molecule has 2 heterocycles. The third kappa shape index (κ3) is 4.46. The van der Waals surface area contributed by atoms with Crippen molar-refractivity contribution in [2.24, 2.45) is 0 Å². The van der Waals surface area contributed by atoms with Gasteiger partial charge in [-0.2, -0.15) is 0 Å². The molecular formula is C29H31N3O4. The minimum absolute atomic E-state index is 0.223. The number of nitrogens with one attached hydrogen (secondary N) is 1. The molecular weight excluding hydrogens is 454 g/mol. The molecule has 0 aromatic heterocycles. The van der Waals surface area contributed by atoms with Gasteiger partial charge in [-0.3, -0.25) is 19.4 Å². The van der Waals surface area contributed by atoms with E-state index >= 15 is 0 Å². The van der Waals surface area contributed by atoms with Crippen LogP contribution in [0.25, 0.3) is 10.8 Å². The predicted octanol–water partition coefficient (Wildman–Crippen LogP) is 4.77. The van der Waals surface area contributed by atoms with Gasteiger partial charge in [0.05, 0.1) is 0 Å². The summed E-state index contributed by atoms with van der Waals surface area (Å²) in [7, 11) is 0. The Morgan fingerprint density at radius 1 is 0.972 bits per heavy atom. The molecule has 3 aromatic carbocycles. The number of benzene rings is 3. The first kappa shape index (κ1) is 24.0. The van der Waals surface area contributed by atoms with Crippen LogP contribution >= 0.6 is 0 Å². The molecule has 0 saturated carbocycles. The zero-order chi connectivity index (χ0) is 25.2. The van der Waals surface area contributed by atoms with Crippen LogP contribution in [0.15, 0.2) is 60.7 Å². The van der Waals surface area contributed by atoms with Gasteiger partial charge in [0.2, 0.25) is 0 Å². The van der Waals surface area contributed by atoms with Gasteiger partial charge in [-0.1, -0.05) is 55.8 Å². The van der Waals surface area contributed by atoms with Gasteiger partial charge >= 0.3 is 5.97 Å². The van der Waals surface area contributed by atoms with E-state index in [1.165, 1.54) is 5.56 Å². The molecule has 1 fully saturated rings. The monoisotopic (exact) mass is 485 g/mol. The molecule has 186 valence electrons. The third-order valence-corrected chi connectivity index (χ3v) is 7.29. The largest absolute Gasteiger partial charge is 0.480 e. The van der Waals surface area contributed by atoms with E-state index < -0.39 is 23.8 Å². The Hall–Kier alpha value is -3.71. The summed E-state index contributed by atoms with van der Waals surface area (Å²) >= 11 is 0. The van der Waals surface area contributed by atoms with Gasteiger partial charge in [0.25, 0.3) is 11.8 Å². The second kappa shape index (κ2) is 10.1. The lowest BCUT2D eigenvalue weighted by Gasteiger charge is -2.34. The maximum absolute atomic E-state index is 13.3. The Kier molecular flexibility index (Phi) is 6.74. The second-order valence-corrected chi connectivity index (χ2v) is 9.69. The summed E-state index contributed by atoms with van der Waals surface area (Å²) in [5, 5.41) is 14.8. The van der Waals surface area contributed by atoms with Crippen LogP contribution in [0.5, 0.6) is 0 Å². The topological polar surface area (TPSA) is 89.9 Å². The highest BCUT2D eigenvalue weighted by Gasteiger charge is 2.40. The number of imide groups is 1. The number of hydrogen-bond donors (Lipinski definition) is 2. The number of hydrogen-bond acceptors (Lipinski definition) is 5. The lowest BCUT2D eigenvalue weighted by Crippen LogP contribution is -2.50. The highest BCUT2D eigenvalue weighted by Crippen LogP contribution is 2.36.